The molecule has 1 aliphatic heterocycles. The molecule has 6 heteroatoms. The van der Waals surface area contributed by atoms with Gasteiger partial charge in [0, 0.05) is 12.0 Å². The summed E-state index contributed by atoms with van der Waals surface area (Å²) in [6.07, 6.45) is -0.0128. The molecule has 0 bridgehead atoms. The minimum Gasteiger partial charge on any atom is -0.499 e. The predicted molar refractivity (Wildman–Crippen MR) is 124 cm³/mol. The molecule has 0 aliphatic carbocycles. The Morgan fingerprint density at radius 2 is 1.50 bits per heavy atom. The molecule has 0 saturated carbocycles. The molecular formula is C26H25NO4S. The second-order valence-corrected chi connectivity index (χ2v) is 9.93. The summed E-state index contributed by atoms with van der Waals surface area (Å²) in [5.74, 6) is 0.0292. The topological polar surface area (TPSA) is 63.7 Å². The molecule has 3 aromatic rings. The lowest BCUT2D eigenvalue weighted by molar-refractivity contribution is -0.128. The van der Waals surface area contributed by atoms with Crippen LogP contribution in [0.1, 0.15) is 23.1 Å². The van der Waals surface area contributed by atoms with Crippen LogP contribution in [0.2, 0.25) is 0 Å². The molecule has 4 rings (SSSR count). The van der Waals surface area contributed by atoms with E-state index in [2.05, 4.69) is 0 Å². The fraction of sp³-hybridized carbons (Fsp3) is 0.192. The van der Waals surface area contributed by atoms with E-state index in [1.165, 1.54) is 7.11 Å². The molecule has 5 nitrogen and oxygen atoms in total. The summed E-state index contributed by atoms with van der Waals surface area (Å²) in [5, 5.41) is -1.25. The van der Waals surface area contributed by atoms with Gasteiger partial charge in [-0.3, -0.25) is 4.79 Å². The van der Waals surface area contributed by atoms with Gasteiger partial charge in [-0.05, 0) is 24.6 Å². The molecule has 0 N–H and O–H groups in total. The maximum absolute atomic E-state index is 13.7. The van der Waals surface area contributed by atoms with Crippen LogP contribution >= 0.6 is 0 Å². The monoisotopic (exact) mass is 447 g/mol. The van der Waals surface area contributed by atoms with E-state index in [0.717, 1.165) is 16.7 Å². The number of carbonyl (C=O) groups excluding carboxylic acids is 1. The van der Waals surface area contributed by atoms with Gasteiger partial charge in [0.1, 0.15) is 5.76 Å². The zero-order chi connectivity index (χ0) is 22.7. The lowest BCUT2D eigenvalue weighted by Gasteiger charge is -2.35. The van der Waals surface area contributed by atoms with E-state index in [9.17, 15) is 13.2 Å². The molecule has 1 heterocycles. The third-order valence-corrected chi connectivity index (χ3v) is 7.69. The van der Waals surface area contributed by atoms with Crippen molar-refractivity contribution in [3.63, 3.8) is 0 Å². The maximum atomic E-state index is 13.7. The van der Waals surface area contributed by atoms with Crippen molar-refractivity contribution in [3.05, 3.63) is 107 Å². The summed E-state index contributed by atoms with van der Waals surface area (Å²) in [6, 6.07) is 25.6. The average Bonchev–Trinajstić information content (AvgIpc) is 2.81. The van der Waals surface area contributed by atoms with E-state index in [1.54, 1.807) is 29.2 Å². The first-order valence-electron chi connectivity index (χ1n) is 10.4. The van der Waals surface area contributed by atoms with Gasteiger partial charge in [0.15, 0.2) is 15.1 Å². The maximum Gasteiger partial charge on any atom is 0.246 e. The van der Waals surface area contributed by atoms with Crippen molar-refractivity contribution in [1.29, 1.82) is 0 Å². The standard InChI is InChI=1S/C26H25NO4S/c1-19-13-15-22(16-14-19)32(29,30)24-17-23(31-2)25(21-11-7-4-8-12-21)27(26(24)28)18-20-9-5-3-6-10-20/h3-16,24H,17-18H2,1-2H3. The molecule has 0 radical (unpaired) electrons. The summed E-state index contributed by atoms with van der Waals surface area (Å²) in [7, 11) is -2.39. The molecule has 32 heavy (non-hydrogen) atoms. The fourth-order valence-electron chi connectivity index (χ4n) is 3.94. The molecular weight excluding hydrogens is 422 g/mol. The highest BCUT2D eigenvalue weighted by Crippen LogP contribution is 2.37. The van der Waals surface area contributed by atoms with Gasteiger partial charge in [0.05, 0.1) is 24.2 Å². The highest BCUT2D eigenvalue weighted by Gasteiger charge is 2.44. The van der Waals surface area contributed by atoms with Crippen molar-refractivity contribution >= 4 is 21.4 Å². The Balaban J connectivity index is 1.83. The first-order valence-corrected chi connectivity index (χ1v) is 11.9. The van der Waals surface area contributed by atoms with Gasteiger partial charge in [-0.25, -0.2) is 8.42 Å². The average molecular weight is 448 g/mol. The fourth-order valence-corrected chi connectivity index (χ4v) is 5.54. The SMILES string of the molecule is COC1=C(c2ccccc2)N(Cc2ccccc2)C(=O)C(S(=O)(=O)c2ccc(C)cc2)C1. The van der Waals surface area contributed by atoms with Crippen LogP contribution in [0.25, 0.3) is 5.70 Å². The molecule has 1 atom stereocenters. The number of allylic oxidation sites excluding steroid dienone is 1. The van der Waals surface area contributed by atoms with Crippen LogP contribution in [0.5, 0.6) is 0 Å². The number of benzene rings is 3. The number of carbonyl (C=O) groups is 1. The van der Waals surface area contributed by atoms with E-state index >= 15 is 0 Å². The summed E-state index contributed by atoms with van der Waals surface area (Å²) in [5.41, 5.74) is 3.27. The third-order valence-electron chi connectivity index (χ3n) is 5.65. The van der Waals surface area contributed by atoms with Crippen LogP contribution in [0.15, 0.2) is 95.6 Å². The first-order chi connectivity index (χ1) is 15.4. The van der Waals surface area contributed by atoms with Gasteiger partial charge in [0.25, 0.3) is 0 Å². The van der Waals surface area contributed by atoms with Crippen molar-refractivity contribution in [2.75, 3.05) is 7.11 Å². The lowest BCUT2D eigenvalue weighted by Crippen LogP contribution is -2.46. The predicted octanol–water partition coefficient (Wildman–Crippen LogP) is 4.59. The second kappa shape index (κ2) is 9.01. The molecule has 0 saturated heterocycles. The smallest absolute Gasteiger partial charge is 0.246 e. The number of sulfone groups is 1. The Hall–Kier alpha value is -3.38. The molecule has 0 aromatic heterocycles. The Morgan fingerprint density at radius 1 is 0.906 bits per heavy atom. The number of rotatable bonds is 6. The zero-order valence-electron chi connectivity index (χ0n) is 18.1. The lowest BCUT2D eigenvalue weighted by atomic mass is 10.0. The summed E-state index contributed by atoms with van der Waals surface area (Å²) >= 11 is 0. The zero-order valence-corrected chi connectivity index (χ0v) is 18.9. The molecule has 1 amide bonds. The van der Waals surface area contributed by atoms with E-state index in [4.69, 9.17) is 4.74 Å². The van der Waals surface area contributed by atoms with Crippen LogP contribution in [0.3, 0.4) is 0 Å². The number of amides is 1. The number of nitrogens with zero attached hydrogens (tertiary/aromatic N) is 1. The van der Waals surface area contributed by atoms with Gasteiger partial charge in [0.2, 0.25) is 5.91 Å². The highest BCUT2D eigenvalue weighted by molar-refractivity contribution is 7.92. The number of methoxy groups -OCH3 is 1. The number of hydrogen-bond donors (Lipinski definition) is 0. The summed E-state index contributed by atoms with van der Waals surface area (Å²) in [6.45, 7) is 2.14. The Kier molecular flexibility index (Phi) is 6.15. The molecule has 0 spiro atoms. The number of hydrogen-bond acceptors (Lipinski definition) is 4. The Labute approximate surface area is 188 Å². The number of aryl methyl sites for hydroxylation is 1. The van der Waals surface area contributed by atoms with Crippen molar-refractivity contribution in [2.24, 2.45) is 0 Å². The van der Waals surface area contributed by atoms with Crippen LogP contribution in [-0.4, -0.2) is 31.6 Å². The Bertz CT molecular complexity index is 1230. The van der Waals surface area contributed by atoms with Gasteiger partial charge in [-0.1, -0.05) is 78.4 Å². The molecule has 1 unspecified atom stereocenters. The van der Waals surface area contributed by atoms with Crippen LogP contribution < -0.4 is 0 Å². The van der Waals surface area contributed by atoms with Gasteiger partial charge in [-0.15, -0.1) is 0 Å². The van der Waals surface area contributed by atoms with E-state index in [0.29, 0.717) is 11.5 Å². The van der Waals surface area contributed by atoms with E-state index < -0.39 is 21.0 Å². The van der Waals surface area contributed by atoms with Gasteiger partial charge in [-0.2, -0.15) is 0 Å². The largest absolute Gasteiger partial charge is 0.499 e. The van der Waals surface area contributed by atoms with Crippen molar-refractivity contribution in [2.45, 2.75) is 30.0 Å². The molecule has 3 aromatic carbocycles. The van der Waals surface area contributed by atoms with Crippen LogP contribution in [0.4, 0.5) is 0 Å². The van der Waals surface area contributed by atoms with E-state index in [1.807, 2.05) is 67.6 Å². The normalized spacial score (nSPS) is 16.9. The molecule has 0 fully saturated rings. The second-order valence-electron chi connectivity index (χ2n) is 7.80. The summed E-state index contributed by atoms with van der Waals surface area (Å²) in [4.78, 5) is 15.4. The Morgan fingerprint density at radius 3 is 2.09 bits per heavy atom. The van der Waals surface area contributed by atoms with Crippen molar-refractivity contribution in [3.8, 4) is 0 Å². The minimum atomic E-state index is -3.91. The van der Waals surface area contributed by atoms with Gasteiger partial charge < -0.3 is 9.64 Å². The minimum absolute atomic E-state index is 0.0128. The quantitative estimate of drug-likeness (QED) is 0.555. The molecule has 164 valence electrons. The van der Waals surface area contributed by atoms with Crippen LogP contribution in [0, 0.1) is 6.92 Å². The van der Waals surface area contributed by atoms with Crippen LogP contribution in [-0.2, 0) is 25.9 Å². The van der Waals surface area contributed by atoms with Crippen molar-refractivity contribution in [1.82, 2.24) is 4.90 Å². The number of ether oxygens (including phenoxy) is 1. The van der Waals surface area contributed by atoms with Crippen molar-refractivity contribution < 1.29 is 17.9 Å². The summed E-state index contributed by atoms with van der Waals surface area (Å²) < 4.78 is 32.6. The third kappa shape index (κ3) is 4.18. The van der Waals surface area contributed by atoms with E-state index in [-0.39, 0.29) is 17.9 Å². The highest BCUT2D eigenvalue weighted by atomic mass is 32.2. The molecule has 1 aliphatic rings. The first kappa shape index (κ1) is 21.8. The van der Waals surface area contributed by atoms with Gasteiger partial charge >= 0.3 is 0 Å².